The van der Waals surface area contributed by atoms with E-state index in [1.807, 2.05) is 19.3 Å². The van der Waals surface area contributed by atoms with Crippen molar-refractivity contribution >= 4 is 17.2 Å². The van der Waals surface area contributed by atoms with E-state index in [1.54, 1.807) is 22.2 Å². The molecule has 112 valence electrons. The van der Waals surface area contributed by atoms with Gasteiger partial charge < -0.3 is 10.1 Å². The molecule has 1 aliphatic rings. The number of aromatic nitrogens is 2. The molecule has 0 saturated carbocycles. The van der Waals surface area contributed by atoms with Crippen LogP contribution in [0.3, 0.4) is 0 Å². The predicted octanol–water partition coefficient (Wildman–Crippen LogP) is 1.92. The van der Waals surface area contributed by atoms with Crippen molar-refractivity contribution in [3.63, 3.8) is 0 Å². The number of ether oxygens (including phenoxy) is 1. The van der Waals surface area contributed by atoms with Crippen LogP contribution < -0.4 is 5.32 Å². The van der Waals surface area contributed by atoms with Gasteiger partial charge in [-0.25, -0.2) is 0 Å². The molecule has 0 spiro atoms. The second-order valence-electron chi connectivity index (χ2n) is 5.25. The molecule has 3 heterocycles. The zero-order chi connectivity index (χ0) is 14.7. The van der Waals surface area contributed by atoms with Gasteiger partial charge in [0.2, 0.25) is 5.91 Å². The number of hydrogen-bond acceptors (Lipinski definition) is 4. The van der Waals surface area contributed by atoms with Gasteiger partial charge in [-0.3, -0.25) is 9.48 Å². The Morgan fingerprint density at radius 3 is 3.24 bits per heavy atom. The van der Waals surface area contributed by atoms with E-state index in [9.17, 15) is 4.79 Å². The molecular weight excluding hydrogens is 286 g/mol. The fourth-order valence-electron chi connectivity index (χ4n) is 2.67. The summed E-state index contributed by atoms with van der Waals surface area (Å²) in [6.07, 6.45) is 5.18. The summed E-state index contributed by atoms with van der Waals surface area (Å²) in [4.78, 5) is 13.6. The lowest BCUT2D eigenvalue weighted by molar-refractivity contribution is -0.126. The van der Waals surface area contributed by atoms with Crippen molar-refractivity contribution in [2.75, 3.05) is 13.2 Å². The van der Waals surface area contributed by atoms with Gasteiger partial charge in [0, 0.05) is 36.8 Å². The standard InChI is InChI=1S/C15H19N3O2S/c1-18-10-11(9-17-18)14-13(5-7-20-14)15(19)16-6-4-12-3-2-8-21-12/h2-3,8-10,13-14H,4-7H2,1H3,(H,16,19)/t13-,14+/m0/s1. The van der Waals surface area contributed by atoms with Gasteiger partial charge in [0.05, 0.1) is 18.2 Å². The third kappa shape index (κ3) is 3.33. The van der Waals surface area contributed by atoms with Crippen LogP contribution in [0.25, 0.3) is 0 Å². The molecular formula is C15H19N3O2S. The lowest BCUT2D eigenvalue weighted by Crippen LogP contribution is -2.33. The second kappa shape index (κ2) is 6.41. The quantitative estimate of drug-likeness (QED) is 0.918. The molecule has 2 atom stereocenters. The Bertz CT molecular complexity index is 594. The highest BCUT2D eigenvalue weighted by atomic mass is 32.1. The fraction of sp³-hybridized carbons (Fsp3) is 0.467. The van der Waals surface area contributed by atoms with Crippen molar-refractivity contribution in [3.05, 3.63) is 40.3 Å². The molecule has 2 aromatic rings. The van der Waals surface area contributed by atoms with E-state index in [0.29, 0.717) is 13.2 Å². The van der Waals surface area contributed by atoms with Gasteiger partial charge >= 0.3 is 0 Å². The van der Waals surface area contributed by atoms with Gasteiger partial charge in [-0.15, -0.1) is 11.3 Å². The number of rotatable bonds is 5. The van der Waals surface area contributed by atoms with Crippen LogP contribution in [0.2, 0.25) is 0 Å². The van der Waals surface area contributed by atoms with Gasteiger partial charge in [0.25, 0.3) is 0 Å². The maximum Gasteiger partial charge on any atom is 0.226 e. The number of aryl methyl sites for hydroxylation is 1. The highest BCUT2D eigenvalue weighted by Crippen LogP contribution is 2.34. The molecule has 21 heavy (non-hydrogen) atoms. The van der Waals surface area contributed by atoms with Gasteiger partial charge in [0.15, 0.2) is 0 Å². The molecule has 1 saturated heterocycles. The van der Waals surface area contributed by atoms with Crippen LogP contribution in [0, 0.1) is 5.92 Å². The minimum Gasteiger partial charge on any atom is -0.373 e. The first kappa shape index (κ1) is 14.3. The largest absolute Gasteiger partial charge is 0.373 e. The zero-order valence-electron chi connectivity index (χ0n) is 12.0. The van der Waals surface area contributed by atoms with Gasteiger partial charge in [-0.2, -0.15) is 5.10 Å². The molecule has 0 unspecified atom stereocenters. The van der Waals surface area contributed by atoms with Gasteiger partial charge in [-0.05, 0) is 24.3 Å². The average molecular weight is 305 g/mol. The zero-order valence-corrected chi connectivity index (χ0v) is 12.8. The monoisotopic (exact) mass is 305 g/mol. The number of thiophene rings is 1. The first-order chi connectivity index (χ1) is 10.2. The first-order valence-corrected chi connectivity index (χ1v) is 8.02. The minimum absolute atomic E-state index is 0.0814. The molecule has 0 radical (unpaired) electrons. The number of amides is 1. The summed E-state index contributed by atoms with van der Waals surface area (Å²) in [6, 6.07) is 4.12. The molecule has 3 rings (SSSR count). The smallest absolute Gasteiger partial charge is 0.226 e. The van der Waals surface area contributed by atoms with E-state index < -0.39 is 0 Å². The third-order valence-corrected chi connectivity index (χ3v) is 4.67. The van der Waals surface area contributed by atoms with Crippen LogP contribution in [-0.2, 0) is 23.0 Å². The van der Waals surface area contributed by atoms with E-state index >= 15 is 0 Å². The molecule has 6 heteroatoms. The molecule has 1 amide bonds. The number of carbonyl (C=O) groups is 1. The number of hydrogen-bond donors (Lipinski definition) is 1. The maximum atomic E-state index is 12.3. The van der Waals surface area contributed by atoms with E-state index in [2.05, 4.69) is 21.9 Å². The van der Waals surface area contributed by atoms with Crippen molar-refractivity contribution in [2.24, 2.45) is 13.0 Å². The van der Waals surface area contributed by atoms with Gasteiger partial charge in [0.1, 0.15) is 0 Å². The lowest BCUT2D eigenvalue weighted by atomic mass is 9.96. The van der Waals surface area contributed by atoms with E-state index in [0.717, 1.165) is 18.4 Å². The summed E-state index contributed by atoms with van der Waals surface area (Å²) in [5.41, 5.74) is 0.980. The number of nitrogens with one attached hydrogen (secondary N) is 1. The Morgan fingerprint density at radius 1 is 1.62 bits per heavy atom. The van der Waals surface area contributed by atoms with Crippen molar-refractivity contribution in [1.29, 1.82) is 0 Å². The predicted molar refractivity (Wildman–Crippen MR) is 81.0 cm³/mol. The van der Waals surface area contributed by atoms with Crippen molar-refractivity contribution in [1.82, 2.24) is 15.1 Å². The lowest BCUT2D eigenvalue weighted by Gasteiger charge is -2.16. The summed E-state index contributed by atoms with van der Waals surface area (Å²) in [6.45, 7) is 1.30. The van der Waals surface area contributed by atoms with Crippen molar-refractivity contribution in [2.45, 2.75) is 18.9 Å². The van der Waals surface area contributed by atoms with Crippen LogP contribution >= 0.6 is 11.3 Å². The maximum absolute atomic E-state index is 12.3. The second-order valence-corrected chi connectivity index (χ2v) is 6.29. The Labute approximate surface area is 127 Å². The van der Waals surface area contributed by atoms with Gasteiger partial charge in [-0.1, -0.05) is 6.07 Å². The summed E-state index contributed by atoms with van der Waals surface area (Å²) < 4.78 is 7.47. The summed E-state index contributed by atoms with van der Waals surface area (Å²) in [5, 5.41) is 9.24. The Balaban J connectivity index is 1.55. The number of carbonyl (C=O) groups excluding carboxylic acids is 1. The van der Waals surface area contributed by atoms with Crippen LogP contribution in [0.5, 0.6) is 0 Å². The van der Waals surface area contributed by atoms with Crippen LogP contribution in [0.4, 0.5) is 0 Å². The summed E-state index contributed by atoms with van der Waals surface area (Å²) >= 11 is 1.72. The Kier molecular flexibility index (Phi) is 4.36. The fourth-order valence-corrected chi connectivity index (χ4v) is 3.38. The van der Waals surface area contributed by atoms with E-state index in [1.165, 1.54) is 4.88 Å². The summed E-state index contributed by atoms with van der Waals surface area (Å²) in [7, 11) is 1.87. The van der Waals surface area contributed by atoms with E-state index in [-0.39, 0.29) is 17.9 Å². The molecule has 2 aromatic heterocycles. The molecule has 0 bridgehead atoms. The minimum atomic E-state index is -0.166. The molecule has 1 aliphatic heterocycles. The molecule has 0 aliphatic carbocycles. The molecule has 0 aromatic carbocycles. The Hall–Kier alpha value is -1.66. The highest BCUT2D eigenvalue weighted by molar-refractivity contribution is 7.09. The number of nitrogens with zero attached hydrogens (tertiary/aromatic N) is 2. The summed E-state index contributed by atoms with van der Waals surface area (Å²) in [5.74, 6) is -0.0320. The SMILES string of the molecule is Cn1cc([C@H]2OCC[C@@H]2C(=O)NCCc2cccs2)cn1. The normalized spacial score (nSPS) is 21.6. The molecule has 1 fully saturated rings. The average Bonchev–Trinajstić information content (AvgIpc) is 3.18. The van der Waals surface area contributed by atoms with Crippen LogP contribution in [0.1, 0.15) is 23.0 Å². The Morgan fingerprint density at radius 2 is 2.52 bits per heavy atom. The van der Waals surface area contributed by atoms with Crippen LogP contribution in [0.15, 0.2) is 29.9 Å². The highest BCUT2D eigenvalue weighted by Gasteiger charge is 2.35. The first-order valence-electron chi connectivity index (χ1n) is 7.14. The van der Waals surface area contributed by atoms with Crippen LogP contribution in [-0.4, -0.2) is 28.8 Å². The third-order valence-electron chi connectivity index (χ3n) is 3.73. The topological polar surface area (TPSA) is 56.1 Å². The van der Waals surface area contributed by atoms with Crippen molar-refractivity contribution in [3.8, 4) is 0 Å². The van der Waals surface area contributed by atoms with E-state index in [4.69, 9.17) is 4.74 Å². The van der Waals surface area contributed by atoms with Crippen molar-refractivity contribution < 1.29 is 9.53 Å². The molecule has 5 nitrogen and oxygen atoms in total. The molecule has 1 N–H and O–H groups in total.